The molecule has 0 bridgehead atoms. The summed E-state index contributed by atoms with van der Waals surface area (Å²) in [7, 11) is 0. The summed E-state index contributed by atoms with van der Waals surface area (Å²) < 4.78 is 3.96. The Morgan fingerprint density at radius 2 is 1.92 bits per heavy atom. The molecular formula is C33H33N8O7S2+. The highest BCUT2D eigenvalue weighted by atomic mass is 32.2. The van der Waals surface area contributed by atoms with Gasteiger partial charge in [0.2, 0.25) is 11.5 Å². The third kappa shape index (κ3) is 6.69. The molecule has 3 aromatic heterocycles. The molecule has 1 saturated heterocycles. The number of Topliss-reactive ketones (excluding diaryl/α,β-unsaturated/α-hetero) is 1. The highest BCUT2D eigenvalue weighted by Gasteiger charge is 2.54. The number of ketones is 1. The van der Waals surface area contributed by atoms with Gasteiger partial charge < -0.3 is 31.1 Å². The minimum Gasteiger partial charge on any atom is -0.478 e. The highest BCUT2D eigenvalue weighted by molar-refractivity contribution is 8.00. The van der Waals surface area contributed by atoms with Crippen LogP contribution in [0.1, 0.15) is 37.1 Å². The number of nitrogens with one attached hydrogen (secondary N) is 1. The number of amides is 1. The van der Waals surface area contributed by atoms with Gasteiger partial charge in [-0.15, -0.1) is 23.1 Å². The molecule has 15 nitrogen and oxygen atoms in total. The normalized spacial score (nSPS) is 17.8. The third-order valence-corrected chi connectivity index (χ3v) is 10.5. The first-order valence-corrected chi connectivity index (χ1v) is 17.2. The third-order valence-electron chi connectivity index (χ3n) is 8.43. The number of nitrogens with zero attached hydrogens (tertiary/aromatic N) is 5. The van der Waals surface area contributed by atoms with Crippen molar-refractivity contribution in [2.75, 3.05) is 11.5 Å². The van der Waals surface area contributed by atoms with Crippen LogP contribution in [0.3, 0.4) is 0 Å². The molecule has 0 spiro atoms. The number of pyridine rings is 1. The quantitative estimate of drug-likeness (QED) is 0.0443. The van der Waals surface area contributed by atoms with Crippen molar-refractivity contribution in [1.29, 1.82) is 5.41 Å². The van der Waals surface area contributed by atoms with E-state index in [0.29, 0.717) is 23.4 Å². The number of carbonyl (C=O) groups is 4. The Morgan fingerprint density at radius 3 is 2.56 bits per heavy atom. The summed E-state index contributed by atoms with van der Waals surface area (Å²) in [5.74, 6) is -4.17. The number of amidine groups is 1. The van der Waals surface area contributed by atoms with Gasteiger partial charge in [-0.3, -0.25) is 19.9 Å². The standard InChI is InChI=1S/C33H32N8O7S2/c1-33(2,31(46)47)48-38-25(22-16-50-32(36)37-22)24(42)11-21-28(43)41-26(30(44)45)20(15-49-29(21)41)14-39-9-8-23-19(13-39)7-10-40(23)12-17-3-5-18(6-4-17)27(34)35/h3-10,13,16,21,29H,11-12,14-15H2,1-2H3,(H6-,34,35,36,37,44,45,46,47)/p+1/b38-25-/t21-,29-/m1/s1. The molecule has 50 heavy (non-hydrogen) atoms. The Labute approximate surface area is 293 Å². The maximum atomic E-state index is 13.5. The minimum absolute atomic E-state index is 0.0120. The molecule has 6 rings (SSSR count). The molecule has 0 radical (unpaired) electrons. The van der Waals surface area contributed by atoms with Crippen LogP contribution in [0.4, 0.5) is 5.13 Å². The van der Waals surface area contributed by atoms with Crippen LogP contribution in [0.25, 0.3) is 10.9 Å². The Morgan fingerprint density at radius 1 is 1.18 bits per heavy atom. The van der Waals surface area contributed by atoms with Gasteiger partial charge in [-0.2, -0.15) is 0 Å². The minimum atomic E-state index is -1.75. The monoisotopic (exact) mass is 717 g/mol. The summed E-state index contributed by atoms with van der Waals surface area (Å²) >= 11 is 2.42. The van der Waals surface area contributed by atoms with E-state index < -0.39 is 40.5 Å². The van der Waals surface area contributed by atoms with Crippen LogP contribution in [0, 0.1) is 11.3 Å². The van der Waals surface area contributed by atoms with Crippen molar-refractivity contribution < 1.29 is 38.8 Å². The number of thiazole rings is 1. The van der Waals surface area contributed by atoms with Crippen molar-refractivity contribution in [3.63, 3.8) is 0 Å². The number of oxime groups is 1. The number of nitrogen functional groups attached to an aromatic ring is 2. The number of thioether (sulfide) groups is 1. The van der Waals surface area contributed by atoms with E-state index in [1.165, 1.54) is 35.9 Å². The molecule has 5 heterocycles. The largest absolute Gasteiger partial charge is 0.478 e. The molecular weight excluding hydrogens is 685 g/mol. The number of carboxylic acid groups (broad SMARTS) is 2. The van der Waals surface area contributed by atoms with E-state index in [1.807, 2.05) is 59.6 Å². The van der Waals surface area contributed by atoms with Gasteiger partial charge in [0.15, 0.2) is 35.6 Å². The fraction of sp³-hybridized carbons (Fsp3) is 0.273. The second-order valence-corrected chi connectivity index (χ2v) is 14.3. The van der Waals surface area contributed by atoms with Crippen molar-refractivity contribution in [3.05, 3.63) is 88.5 Å². The zero-order valence-corrected chi connectivity index (χ0v) is 28.5. The number of aliphatic carboxylic acids is 2. The van der Waals surface area contributed by atoms with Gasteiger partial charge >= 0.3 is 11.9 Å². The smallest absolute Gasteiger partial charge is 0.352 e. The molecule has 0 aliphatic carbocycles. The predicted octanol–water partition coefficient (Wildman–Crippen LogP) is 2.41. The van der Waals surface area contributed by atoms with E-state index in [4.69, 9.17) is 21.7 Å². The summed E-state index contributed by atoms with van der Waals surface area (Å²) in [6.45, 7) is 3.38. The number of carboxylic acids is 2. The number of aromatic nitrogens is 3. The van der Waals surface area contributed by atoms with Crippen LogP contribution in [-0.4, -0.2) is 76.6 Å². The number of carbonyl (C=O) groups excluding carboxylic acids is 2. The van der Waals surface area contributed by atoms with Crippen LogP contribution in [0.5, 0.6) is 0 Å². The summed E-state index contributed by atoms with van der Waals surface area (Å²) in [5.41, 5.74) is 12.5. The molecule has 17 heteroatoms. The van der Waals surface area contributed by atoms with Gasteiger partial charge in [-0.25, -0.2) is 19.1 Å². The molecule has 2 atom stereocenters. The lowest BCUT2D eigenvalue weighted by atomic mass is 9.89. The Hall–Kier alpha value is -5.55. The molecule has 2 aliphatic heterocycles. The van der Waals surface area contributed by atoms with Crippen LogP contribution in [0.2, 0.25) is 0 Å². The molecule has 2 aliphatic rings. The van der Waals surface area contributed by atoms with Crippen LogP contribution < -0.4 is 16.0 Å². The number of hydrogen-bond donors (Lipinski definition) is 5. The lowest BCUT2D eigenvalue weighted by Gasteiger charge is -2.49. The van der Waals surface area contributed by atoms with E-state index in [1.54, 1.807) is 0 Å². The molecule has 258 valence electrons. The Balaban J connectivity index is 1.18. The number of rotatable bonds is 13. The number of hydrogen-bond acceptors (Lipinski definition) is 11. The van der Waals surface area contributed by atoms with E-state index >= 15 is 0 Å². The van der Waals surface area contributed by atoms with Crippen molar-refractivity contribution >= 4 is 74.3 Å². The zero-order chi connectivity index (χ0) is 35.9. The predicted molar refractivity (Wildman–Crippen MR) is 185 cm³/mol. The lowest BCUT2D eigenvalue weighted by molar-refractivity contribution is -0.687. The maximum absolute atomic E-state index is 13.5. The summed E-state index contributed by atoms with van der Waals surface area (Å²) in [6.07, 6.45) is 5.44. The first-order valence-electron chi connectivity index (χ1n) is 15.3. The average Bonchev–Trinajstić information content (AvgIpc) is 3.68. The van der Waals surface area contributed by atoms with Gasteiger partial charge in [0.1, 0.15) is 17.2 Å². The Bertz CT molecular complexity index is 2120. The average molecular weight is 718 g/mol. The zero-order valence-electron chi connectivity index (χ0n) is 26.9. The van der Waals surface area contributed by atoms with Gasteiger partial charge in [0, 0.05) is 47.5 Å². The maximum Gasteiger partial charge on any atom is 0.352 e. The fourth-order valence-electron chi connectivity index (χ4n) is 5.71. The molecule has 0 saturated carbocycles. The summed E-state index contributed by atoms with van der Waals surface area (Å²) in [6, 6.07) is 11.4. The molecule has 0 unspecified atom stereocenters. The molecule has 7 N–H and O–H groups in total. The molecule has 1 aromatic carbocycles. The Kier molecular flexibility index (Phi) is 9.19. The van der Waals surface area contributed by atoms with E-state index in [-0.39, 0.29) is 41.0 Å². The van der Waals surface area contributed by atoms with Gasteiger partial charge in [-0.1, -0.05) is 29.4 Å². The first-order chi connectivity index (χ1) is 23.7. The van der Waals surface area contributed by atoms with Gasteiger partial charge in [0.25, 0.3) is 0 Å². The fourth-order valence-corrected chi connectivity index (χ4v) is 7.66. The second-order valence-electron chi connectivity index (χ2n) is 12.3. The molecule has 1 fully saturated rings. The first kappa shape index (κ1) is 34.3. The van der Waals surface area contributed by atoms with Crippen molar-refractivity contribution in [1.82, 2.24) is 14.5 Å². The number of benzene rings is 1. The SMILES string of the molecule is CC(C)(O/N=C(\C(=O)C[C@@H]1C(=O)N2C(C(=O)O)=C(C[n+]3ccc4c(ccn4Cc4ccc(C(=N)N)cc4)c3)CS[C@H]12)c1csc(N)n1)C(=O)O. The molecule has 1 amide bonds. The van der Waals surface area contributed by atoms with Gasteiger partial charge in [0.05, 0.1) is 22.2 Å². The van der Waals surface area contributed by atoms with Crippen LogP contribution >= 0.6 is 23.1 Å². The van der Waals surface area contributed by atoms with Crippen molar-refractivity contribution in [3.8, 4) is 0 Å². The highest BCUT2D eigenvalue weighted by Crippen LogP contribution is 2.45. The molecule has 4 aromatic rings. The van der Waals surface area contributed by atoms with Crippen molar-refractivity contribution in [2.24, 2.45) is 16.8 Å². The summed E-state index contributed by atoms with van der Waals surface area (Å²) in [5, 5.41) is 33.0. The van der Waals surface area contributed by atoms with Crippen LogP contribution in [-0.2, 0) is 37.1 Å². The van der Waals surface area contributed by atoms with E-state index in [0.717, 1.165) is 27.8 Å². The van der Waals surface area contributed by atoms with Gasteiger partial charge in [-0.05, 0) is 25.5 Å². The van der Waals surface area contributed by atoms with Crippen LogP contribution in [0.15, 0.2) is 76.8 Å². The number of nitrogens with two attached hydrogens (primary N) is 2. The topological polar surface area (TPSA) is 231 Å². The number of anilines is 1. The van der Waals surface area contributed by atoms with Crippen molar-refractivity contribution in [2.45, 2.75) is 44.3 Å². The lowest BCUT2D eigenvalue weighted by Crippen LogP contribution is -2.62. The summed E-state index contributed by atoms with van der Waals surface area (Å²) in [4.78, 5) is 61.5. The number of fused-ring (bicyclic) bond motifs is 2. The van der Waals surface area contributed by atoms with E-state index in [2.05, 4.69) is 14.7 Å². The number of β-lactam (4-membered cyclic amide) rings is 1. The van der Waals surface area contributed by atoms with E-state index in [9.17, 15) is 29.4 Å². The second kappa shape index (κ2) is 13.4.